The number of benzene rings is 2. The van der Waals surface area contributed by atoms with E-state index in [0.29, 0.717) is 63.2 Å². The van der Waals surface area contributed by atoms with Gasteiger partial charge in [-0.05, 0) is 73.9 Å². The lowest BCUT2D eigenvalue weighted by molar-refractivity contribution is -0.141. The molecule has 0 aliphatic carbocycles. The minimum absolute atomic E-state index is 0.140. The van der Waals surface area contributed by atoms with Crippen molar-refractivity contribution in [1.29, 1.82) is 0 Å². The second kappa shape index (κ2) is 17.3. The fraction of sp³-hybridized carbons (Fsp3) is 0.545. The van der Waals surface area contributed by atoms with Gasteiger partial charge in [0.15, 0.2) is 5.78 Å². The Labute approximate surface area is 243 Å². The van der Waals surface area contributed by atoms with Gasteiger partial charge < -0.3 is 23.7 Å². The van der Waals surface area contributed by atoms with Gasteiger partial charge in [0.05, 0.1) is 39.6 Å². The maximum atomic E-state index is 12.3. The zero-order valence-electron chi connectivity index (χ0n) is 24.8. The van der Waals surface area contributed by atoms with E-state index in [1.165, 1.54) is 19.8 Å². The monoisotopic (exact) mass is 568 g/mol. The van der Waals surface area contributed by atoms with E-state index in [1.807, 2.05) is 24.3 Å². The average molecular weight is 569 g/mol. The van der Waals surface area contributed by atoms with Gasteiger partial charge in [-0.2, -0.15) is 0 Å². The van der Waals surface area contributed by atoms with Crippen LogP contribution >= 0.6 is 0 Å². The summed E-state index contributed by atoms with van der Waals surface area (Å²) >= 11 is 0. The molecular weight excluding hydrogens is 524 g/mol. The highest BCUT2D eigenvalue weighted by molar-refractivity contribution is 6.00. The van der Waals surface area contributed by atoms with E-state index in [0.717, 1.165) is 67.6 Å². The number of ether oxygens (including phenoxy) is 5. The number of esters is 2. The number of hydrogen-bond donors (Lipinski definition) is 0. The molecular formula is C33H44O8. The molecule has 2 aromatic carbocycles. The fourth-order valence-corrected chi connectivity index (χ4v) is 4.97. The molecule has 8 nitrogen and oxygen atoms in total. The van der Waals surface area contributed by atoms with E-state index in [4.69, 9.17) is 18.9 Å². The molecule has 0 unspecified atom stereocenters. The normalized spacial score (nSPS) is 12.3. The van der Waals surface area contributed by atoms with E-state index in [9.17, 15) is 14.4 Å². The third-order valence-electron chi connectivity index (χ3n) is 7.22. The SMILES string of the molecule is CCCc1c(OCCCCCCc2ccc(OCCCC(=O)OC)cc2CCC(=O)OC)ccc2c1OCCC2=O. The van der Waals surface area contributed by atoms with E-state index in [2.05, 4.69) is 17.7 Å². The van der Waals surface area contributed by atoms with Gasteiger partial charge in [0.2, 0.25) is 0 Å². The summed E-state index contributed by atoms with van der Waals surface area (Å²) in [6.07, 6.45) is 9.00. The summed E-state index contributed by atoms with van der Waals surface area (Å²) < 4.78 is 27.3. The molecule has 0 bridgehead atoms. The van der Waals surface area contributed by atoms with Gasteiger partial charge in [-0.25, -0.2) is 0 Å². The van der Waals surface area contributed by atoms with E-state index >= 15 is 0 Å². The van der Waals surface area contributed by atoms with Gasteiger partial charge >= 0.3 is 11.9 Å². The number of rotatable bonds is 18. The van der Waals surface area contributed by atoms with Gasteiger partial charge in [-0.1, -0.05) is 32.3 Å². The molecule has 0 spiro atoms. The number of carbonyl (C=O) groups is 3. The van der Waals surface area contributed by atoms with Crippen LogP contribution in [0.5, 0.6) is 17.2 Å². The second-order valence-electron chi connectivity index (χ2n) is 10.2. The number of Topliss-reactive ketones (excluding diaryl/α,β-unsaturated/α-hetero) is 1. The van der Waals surface area contributed by atoms with Crippen LogP contribution in [0.1, 0.15) is 91.8 Å². The minimum atomic E-state index is -0.249. The Bertz CT molecular complexity index is 1160. The minimum Gasteiger partial charge on any atom is -0.494 e. The summed E-state index contributed by atoms with van der Waals surface area (Å²) in [5.74, 6) is 1.92. The number of methoxy groups -OCH3 is 2. The van der Waals surface area contributed by atoms with Gasteiger partial charge in [-0.3, -0.25) is 14.4 Å². The lowest BCUT2D eigenvalue weighted by Crippen LogP contribution is -2.17. The van der Waals surface area contributed by atoms with Gasteiger partial charge in [-0.15, -0.1) is 0 Å². The third kappa shape index (κ3) is 10.1. The molecule has 3 rings (SSSR count). The van der Waals surface area contributed by atoms with Crippen LogP contribution < -0.4 is 14.2 Å². The highest BCUT2D eigenvalue weighted by Crippen LogP contribution is 2.36. The smallest absolute Gasteiger partial charge is 0.305 e. The van der Waals surface area contributed by atoms with Crippen LogP contribution in [0.15, 0.2) is 30.3 Å². The van der Waals surface area contributed by atoms with Crippen molar-refractivity contribution < 1.29 is 38.1 Å². The molecule has 0 saturated heterocycles. The molecule has 1 aliphatic rings. The van der Waals surface area contributed by atoms with Gasteiger partial charge in [0.1, 0.15) is 17.2 Å². The average Bonchev–Trinajstić information content (AvgIpc) is 2.99. The predicted molar refractivity (Wildman–Crippen MR) is 156 cm³/mol. The highest BCUT2D eigenvalue weighted by atomic mass is 16.5. The van der Waals surface area contributed by atoms with Crippen molar-refractivity contribution in [3.8, 4) is 17.2 Å². The Balaban J connectivity index is 1.46. The fourth-order valence-electron chi connectivity index (χ4n) is 4.97. The molecule has 0 saturated carbocycles. The summed E-state index contributed by atoms with van der Waals surface area (Å²) in [4.78, 5) is 35.3. The van der Waals surface area contributed by atoms with Crippen molar-refractivity contribution >= 4 is 17.7 Å². The van der Waals surface area contributed by atoms with E-state index in [1.54, 1.807) is 0 Å². The summed E-state index contributed by atoms with van der Waals surface area (Å²) in [6.45, 7) is 3.59. The Kier molecular flexibility index (Phi) is 13.5. The largest absolute Gasteiger partial charge is 0.494 e. The van der Waals surface area contributed by atoms with E-state index < -0.39 is 0 Å². The maximum Gasteiger partial charge on any atom is 0.305 e. The summed E-state index contributed by atoms with van der Waals surface area (Å²) in [5.41, 5.74) is 3.98. The number of fused-ring (bicyclic) bond motifs is 1. The number of ketones is 1. The van der Waals surface area contributed by atoms with Gasteiger partial charge in [0.25, 0.3) is 0 Å². The van der Waals surface area contributed by atoms with Crippen molar-refractivity contribution in [2.45, 2.75) is 84.0 Å². The Morgan fingerprint density at radius 1 is 0.805 bits per heavy atom. The Morgan fingerprint density at radius 2 is 1.56 bits per heavy atom. The molecule has 0 N–H and O–H groups in total. The molecule has 0 fully saturated rings. The Morgan fingerprint density at radius 3 is 2.34 bits per heavy atom. The molecule has 0 atom stereocenters. The molecule has 8 heteroatoms. The molecule has 0 radical (unpaired) electrons. The van der Waals surface area contributed by atoms with Crippen LogP contribution in [0.2, 0.25) is 0 Å². The first-order valence-corrected chi connectivity index (χ1v) is 14.8. The van der Waals surface area contributed by atoms with Crippen LogP contribution in [0.3, 0.4) is 0 Å². The first-order valence-electron chi connectivity index (χ1n) is 14.8. The molecule has 224 valence electrons. The number of unbranched alkanes of at least 4 members (excludes halogenated alkanes) is 3. The molecule has 1 aliphatic heterocycles. The standard InChI is InChI=1S/C33H44O8/c1-4-10-28-30(17-16-27-29(34)19-22-41-33(27)28)40-20-8-6-5-7-11-24-13-15-26(39-21-9-12-31(35)37-2)23-25(24)14-18-32(36)38-3/h13,15-17,23H,4-12,14,18-22H2,1-3H3. The van der Waals surface area contributed by atoms with Crippen LogP contribution in [0.25, 0.3) is 0 Å². The third-order valence-corrected chi connectivity index (χ3v) is 7.22. The molecule has 2 aromatic rings. The van der Waals surface area contributed by atoms with Crippen molar-refractivity contribution in [2.75, 3.05) is 34.0 Å². The first kappa shape index (κ1) is 32.0. The number of aryl methyl sites for hydroxylation is 2. The zero-order valence-corrected chi connectivity index (χ0v) is 24.8. The molecule has 41 heavy (non-hydrogen) atoms. The molecule has 0 aromatic heterocycles. The van der Waals surface area contributed by atoms with Crippen molar-refractivity contribution in [2.24, 2.45) is 0 Å². The summed E-state index contributed by atoms with van der Waals surface area (Å²) in [6, 6.07) is 9.77. The predicted octanol–water partition coefficient (Wildman–Crippen LogP) is 6.22. The number of hydrogen-bond acceptors (Lipinski definition) is 8. The topological polar surface area (TPSA) is 97.4 Å². The quantitative estimate of drug-likeness (QED) is 0.154. The van der Waals surface area contributed by atoms with Crippen molar-refractivity contribution in [3.63, 3.8) is 0 Å². The lowest BCUT2D eigenvalue weighted by atomic mass is 9.97. The van der Waals surface area contributed by atoms with Crippen LogP contribution in [0, 0.1) is 0 Å². The first-order chi connectivity index (χ1) is 20.0. The molecule has 1 heterocycles. The summed E-state index contributed by atoms with van der Waals surface area (Å²) in [5, 5.41) is 0. The Hall–Kier alpha value is -3.55. The lowest BCUT2D eigenvalue weighted by Gasteiger charge is -2.22. The van der Waals surface area contributed by atoms with Gasteiger partial charge in [0, 0.05) is 24.8 Å². The molecule has 0 amide bonds. The second-order valence-corrected chi connectivity index (χ2v) is 10.2. The summed E-state index contributed by atoms with van der Waals surface area (Å²) in [7, 11) is 2.78. The zero-order chi connectivity index (χ0) is 29.5. The maximum absolute atomic E-state index is 12.3. The van der Waals surface area contributed by atoms with Crippen LogP contribution in [-0.4, -0.2) is 51.8 Å². The van der Waals surface area contributed by atoms with Crippen LogP contribution in [0.4, 0.5) is 0 Å². The highest BCUT2D eigenvalue weighted by Gasteiger charge is 2.23. The number of carbonyl (C=O) groups excluding carboxylic acids is 3. The van der Waals surface area contributed by atoms with Crippen molar-refractivity contribution in [1.82, 2.24) is 0 Å². The van der Waals surface area contributed by atoms with Crippen LogP contribution in [-0.2, 0) is 38.3 Å². The van der Waals surface area contributed by atoms with Crippen molar-refractivity contribution in [3.05, 3.63) is 52.6 Å². The van der Waals surface area contributed by atoms with E-state index in [-0.39, 0.29) is 17.7 Å².